The first-order valence-corrected chi connectivity index (χ1v) is 11.9. The van der Waals surface area contributed by atoms with Crippen molar-refractivity contribution < 1.29 is 34.2 Å². The maximum absolute atomic E-state index is 11.4. The smallest absolute Gasteiger partial charge is 0.325 e. The van der Waals surface area contributed by atoms with Gasteiger partial charge in [-0.15, -0.1) is 0 Å². The zero-order valence-corrected chi connectivity index (χ0v) is 19.7. The van der Waals surface area contributed by atoms with Crippen molar-refractivity contribution in [3.63, 3.8) is 0 Å². The summed E-state index contributed by atoms with van der Waals surface area (Å²) in [4.78, 5) is 21.4. The van der Waals surface area contributed by atoms with Crippen LogP contribution in [-0.4, -0.2) is 62.1 Å². The van der Waals surface area contributed by atoms with Crippen LogP contribution in [-0.2, 0) is 23.8 Å². The molecule has 0 radical (unpaired) electrons. The number of hydrogen-bond donors (Lipinski definition) is 2. The lowest BCUT2D eigenvalue weighted by Gasteiger charge is -2.27. The van der Waals surface area contributed by atoms with E-state index in [0.29, 0.717) is 0 Å². The van der Waals surface area contributed by atoms with E-state index in [-0.39, 0.29) is 19.8 Å². The summed E-state index contributed by atoms with van der Waals surface area (Å²) in [7, 11) is 0. The maximum atomic E-state index is 11.4. The highest BCUT2D eigenvalue weighted by Crippen LogP contribution is 2.18. The first kappa shape index (κ1) is 27.8. The Hall–Kier alpha value is -1.22. The number of esters is 1. The predicted octanol–water partition coefficient (Wildman–Crippen LogP) is 0.654. The second kappa shape index (κ2) is 15.6. The van der Waals surface area contributed by atoms with Crippen LogP contribution in [0, 0.1) is 0 Å². The number of nitrogens with two attached hydrogens (primary N) is 2. The minimum atomic E-state index is -1.29. The van der Waals surface area contributed by atoms with Gasteiger partial charge in [-0.3, -0.25) is 4.79 Å². The summed E-state index contributed by atoms with van der Waals surface area (Å²) in [5.74, 6) is -1.83. The van der Waals surface area contributed by atoms with Gasteiger partial charge in [0.1, 0.15) is 11.6 Å². The van der Waals surface area contributed by atoms with E-state index in [1.807, 2.05) is 0 Å². The molecule has 31 heavy (non-hydrogen) atoms. The fraction of sp³-hybridized carbons (Fsp3) is 0.913. The van der Waals surface area contributed by atoms with Gasteiger partial charge >= 0.3 is 5.97 Å². The van der Waals surface area contributed by atoms with Gasteiger partial charge in [-0.1, -0.05) is 12.8 Å². The molecule has 0 spiro atoms. The Labute approximate surface area is 187 Å². The van der Waals surface area contributed by atoms with Crippen LogP contribution in [0.4, 0.5) is 0 Å². The van der Waals surface area contributed by atoms with Gasteiger partial charge in [0, 0.05) is 0 Å². The van der Waals surface area contributed by atoms with E-state index < -0.39 is 30.2 Å². The fourth-order valence-corrected chi connectivity index (χ4v) is 3.97. The van der Waals surface area contributed by atoms with Crippen molar-refractivity contribution in [3.8, 4) is 0 Å². The molecule has 182 valence electrons. The number of carboxylic acids is 1. The molecule has 1 atom stereocenters. The second-order valence-electron chi connectivity index (χ2n) is 9.63. The third-order valence-electron chi connectivity index (χ3n) is 5.44. The predicted molar refractivity (Wildman–Crippen MR) is 116 cm³/mol. The maximum Gasteiger partial charge on any atom is 0.325 e. The summed E-state index contributed by atoms with van der Waals surface area (Å²) in [6.45, 7) is 4.97. The Balaban J connectivity index is 0.000000323. The molecule has 0 aliphatic heterocycles. The van der Waals surface area contributed by atoms with Gasteiger partial charge in [-0.25, -0.2) is 0 Å². The van der Waals surface area contributed by atoms with Crippen molar-refractivity contribution in [2.75, 3.05) is 26.4 Å². The Kier molecular flexibility index (Phi) is 14.0. The van der Waals surface area contributed by atoms with Crippen LogP contribution in [0.5, 0.6) is 0 Å². The van der Waals surface area contributed by atoms with E-state index in [2.05, 4.69) is 10.1 Å². The summed E-state index contributed by atoms with van der Waals surface area (Å²) >= 11 is 0. The third-order valence-corrected chi connectivity index (χ3v) is 5.44. The van der Waals surface area contributed by atoms with Crippen LogP contribution in [0.2, 0.25) is 0 Å². The minimum Gasteiger partial charge on any atom is -0.548 e. The zero-order chi connectivity index (χ0) is 23.1. The van der Waals surface area contributed by atoms with Gasteiger partial charge in [0.25, 0.3) is 0 Å². The molecule has 2 aliphatic rings. The Morgan fingerprint density at radius 1 is 0.935 bits per heavy atom. The minimum absolute atomic E-state index is 0.0103. The molecule has 0 amide bonds. The molecule has 0 heterocycles. The molecule has 4 N–H and O–H groups in total. The summed E-state index contributed by atoms with van der Waals surface area (Å²) in [6, 6.07) is 1.12. The lowest BCUT2D eigenvalue weighted by molar-refractivity contribution is -0.725. The molecule has 2 rings (SSSR count). The number of quaternary nitrogens is 1. The van der Waals surface area contributed by atoms with Gasteiger partial charge in [-0.2, -0.15) is 0 Å². The van der Waals surface area contributed by atoms with E-state index in [1.165, 1.54) is 64.2 Å². The lowest BCUT2D eigenvalue weighted by Crippen LogP contribution is -2.95. The number of rotatable bonds is 10. The standard InChI is InChI=1S/C12H23N.C11H21NO6/c1-3-7-11(8-4-1)13-12-9-5-2-6-10-12;1-11(2,3)18-10(15)8(12)6-16-4-5-17-7-9(13)14/h11-13H,1-10H2;8H,4-7,12H2,1-3H3,(H,13,14). The van der Waals surface area contributed by atoms with Crippen molar-refractivity contribution in [3.05, 3.63) is 0 Å². The average molecular weight is 445 g/mol. The highest BCUT2D eigenvalue weighted by Gasteiger charge is 2.23. The normalized spacial score (nSPS) is 19.2. The number of hydrogen-bond acceptors (Lipinski definition) is 7. The molecule has 0 aromatic carbocycles. The van der Waals surface area contributed by atoms with Gasteiger partial charge in [-0.05, 0) is 72.1 Å². The Bertz CT molecular complexity index is 481. The second-order valence-corrected chi connectivity index (χ2v) is 9.63. The molecule has 0 aromatic rings. The topological polar surface area (TPSA) is 128 Å². The lowest BCUT2D eigenvalue weighted by atomic mass is 9.91. The van der Waals surface area contributed by atoms with E-state index >= 15 is 0 Å². The van der Waals surface area contributed by atoms with Crippen molar-refractivity contribution in [2.45, 2.75) is 109 Å². The van der Waals surface area contributed by atoms with Gasteiger partial charge < -0.3 is 35.2 Å². The van der Waals surface area contributed by atoms with Crippen LogP contribution in [0.25, 0.3) is 0 Å². The van der Waals surface area contributed by atoms with Crippen molar-refractivity contribution >= 4 is 11.9 Å². The quantitative estimate of drug-likeness (QED) is 0.374. The average Bonchev–Trinajstić information content (AvgIpc) is 2.71. The monoisotopic (exact) mass is 444 g/mol. The molecule has 2 aliphatic carbocycles. The zero-order valence-electron chi connectivity index (χ0n) is 19.7. The van der Waals surface area contributed by atoms with Crippen molar-refractivity contribution in [1.29, 1.82) is 0 Å². The molecule has 0 saturated heterocycles. The Morgan fingerprint density at radius 2 is 1.42 bits per heavy atom. The summed E-state index contributed by atoms with van der Waals surface area (Å²) in [6.07, 6.45) is 15.0. The fourth-order valence-electron chi connectivity index (χ4n) is 3.97. The number of aliphatic carboxylic acids is 1. The first-order valence-electron chi connectivity index (χ1n) is 11.9. The van der Waals surface area contributed by atoms with Gasteiger partial charge in [0.05, 0.1) is 44.5 Å². The summed E-state index contributed by atoms with van der Waals surface area (Å²) in [5.41, 5.74) is 4.95. The molecule has 1 unspecified atom stereocenters. The molecule has 2 fully saturated rings. The van der Waals surface area contributed by atoms with E-state index in [1.54, 1.807) is 20.8 Å². The molecular formula is C23H44N2O6. The highest BCUT2D eigenvalue weighted by atomic mass is 16.6. The van der Waals surface area contributed by atoms with Gasteiger partial charge in [0.15, 0.2) is 0 Å². The molecular weight excluding hydrogens is 400 g/mol. The van der Waals surface area contributed by atoms with Crippen molar-refractivity contribution in [1.82, 2.24) is 0 Å². The SMILES string of the molecule is C1CCC([NH2+]C2CCCCC2)CC1.CC(C)(C)OC(=O)C(N)COCCOCC(=O)[O-]. The number of carboxylic acid groups (broad SMARTS) is 1. The van der Waals surface area contributed by atoms with E-state index in [9.17, 15) is 14.7 Å². The van der Waals surface area contributed by atoms with E-state index in [0.717, 1.165) is 12.1 Å². The molecule has 0 aromatic heterocycles. The molecule has 8 nitrogen and oxygen atoms in total. The van der Waals surface area contributed by atoms with E-state index in [4.69, 9.17) is 15.2 Å². The van der Waals surface area contributed by atoms with Crippen LogP contribution in [0.1, 0.15) is 85.0 Å². The number of carbonyl (C=O) groups is 2. The number of ether oxygens (including phenoxy) is 3. The highest BCUT2D eigenvalue weighted by molar-refractivity contribution is 5.76. The Morgan fingerprint density at radius 3 is 1.87 bits per heavy atom. The molecule has 2 saturated carbocycles. The van der Waals surface area contributed by atoms with Gasteiger partial charge in [0.2, 0.25) is 0 Å². The molecule has 0 bridgehead atoms. The summed E-state index contributed by atoms with van der Waals surface area (Å²) in [5, 5.41) is 12.7. The summed E-state index contributed by atoms with van der Waals surface area (Å²) < 4.78 is 14.8. The molecule has 8 heteroatoms. The largest absolute Gasteiger partial charge is 0.548 e. The van der Waals surface area contributed by atoms with Crippen LogP contribution in [0.3, 0.4) is 0 Å². The van der Waals surface area contributed by atoms with Crippen LogP contribution in [0.15, 0.2) is 0 Å². The van der Waals surface area contributed by atoms with Crippen molar-refractivity contribution in [2.24, 2.45) is 5.73 Å². The first-order chi connectivity index (χ1) is 14.7. The van der Waals surface area contributed by atoms with Crippen LogP contribution < -0.4 is 16.2 Å². The third kappa shape index (κ3) is 15.3. The van der Waals surface area contributed by atoms with Crippen LogP contribution >= 0.6 is 0 Å². The number of carbonyl (C=O) groups excluding carboxylic acids is 2.